The lowest BCUT2D eigenvalue weighted by atomic mass is 10.0. The molecule has 36 heavy (non-hydrogen) atoms. The first-order valence-corrected chi connectivity index (χ1v) is 13.2. The Kier molecular flexibility index (Phi) is 6.38. The SMILES string of the molecule is Cc1cc(N2CCCN(C)S2(=O)=O)ccc1C(=O)Nc1ccc(Cl)c(-c2nccc3ncccc23)c1. The number of carbonyl (C=O) groups excluding carboxylic acids is 1. The third-order valence-corrected chi connectivity index (χ3v) is 8.51. The standard InChI is InChI=1S/C26H24ClN5O3S/c1-17-15-19(32-14-4-13-31(2)36(32,34)35)7-8-20(17)26(33)30-18-6-9-23(27)22(16-18)25-21-5-3-11-28-24(21)10-12-29-25/h3,5-12,15-16H,4,13-14H2,1-2H3,(H,30,33). The van der Waals surface area contributed by atoms with Crippen LogP contribution in [0.3, 0.4) is 0 Å². The van der Waals surface area contributed by atoms with Crippen LogP contribution in [0.15, 0.2) is 67.0 Å². The number of carbonyl (C=O) groups is 1. The van der Waals surface area contributed by atoms with Gasteiger partial charge in [0.25, 0.3) is 5.91 Å². The Labute approximate surface area is 214 Å². The summed E-state index contributed by atoms with van der Waals surface area (Å²) in [4.78, 5) is 22.0. The maximum Gasteiger partial charge on any atom is 0.303 e. The van der Waals surface area contributed by atoms with Crippen LogP contribution in [0.25, 0.3) is 22.2 Å². The van der Waals surface area contributed by atoms with E-state index in [-0.39, 0.29) is 5.91 Å². The molecule has 1 N–H and O–H groups in total. The Morgan fingerprint density at radius 1 is 1.03 bits per heavy atom. The highest BCUT2D eigenvalue weighted by Gasteiger charge is 2.31. The lowest BCUT2D eigenvalue weighted by Crippen LogP contribution is -2.48. The number of pyridine rings is 2. The molecule has 1 amide bonds. The van der Waals surface area contributed by atoms with Crippen molar-refractivity contribution < 1.29 is 13.2 Å². The number of aryl methyl sites for hydroxylation is 1. The third kappa shape index (κ3) is 4.41. The first-order chi connectivity index (χ1) is 17.3. The van der Waals surface area contributed by atoms with Crippen LogP contribution in [0.2, 0.25) is 5.02 Å². The number of nitrogens with one attached hydrogen (secondary N) is 1. The molecule has 3 heterocycles. The first-order valence-electron chi connectivity index (χ1n) is 11.4. The lowest BCUT2D eigenvalue weighted by Gasteiger charge is -2.34. The summed E-state index contributed by atoms with van der Waals surface area (Å²) in [5.41, 5.74) is 4.38. The van der Waals surface area contributed by atoms with Crippen LogP contribution in [0.1, 0.15) is 22.3 Å². The van der Waals surface area contributed by atoms with Crippen LogP contribution in [0.5, 0.6) is 0 Å². The van der Waals surface area contributed by atoms with Gasteiger partial charge in [0.05, 0.1) is 21.9 Å². The van der Waals surface area contributed by atoms with E-state index in [9.17, 15) is 13.2 Å². The van der Waals surface area contributed by atoms with Gasteiger partial charge < -0.3 is 5.32 Å². The molecule has 1 fully saturated rings. The molecule has 184 valence electrons. The van der Waals surface area contributed by atoms with Crippen LogP contribution >= 0.6 is 11.6 Å². The van der Waals surface area contributed by atoms with Crippen LogP contribution < -0.4 is 9.62 Å². The molecule has 0 radical (unpaired) electrons. The minimum Gasteiger partial charge on any atom is -0.322 e. The summed E-state index contributed by atoms with van der Waals surface area (Å²) in [6, 6.07) is 15.9. The molecule has 5 rings (SSSR count). The highest BCUT2D eigenvalue weighted by molar-refractivity contribution is 7.90. The summed E-state index contributed by atoms with van der Waals surface area (Å²) in [5, 5.41) is 4.29. The maximum absolute atomic E-state index is 13.1. The Bertz CT molecular complexity index is 1590. The number of anilines is 2. The molecule has 0 saturated carbocycles. The van der Waals surface area contributed by atoms with Crippen LogP contribution in [-0.2, 0) is 10.2 Å². The first kappa shape index (κ1) is 24.2. The van der Waals surface area contributed by atoms with Crippen molar-refractivity contribution in [2.75, 3.05) is 29.8 Å². The number of rotatable bonds is 4. The minimum atomic E-state index is -3.56. The van der Waals surface area contributed by atoms with Crippen molar-refractivity contribution in [2.24, 2.45) is 0 Å². The summed E-state index contributed by atoms with van der Waals surface area (Å²) in [5.74, 6) is -0.307. The Hall–Kier alpha value is -3.53. The zero-order valence-electron chi connectivity index (χ0n) is 19.8. The Morgan fingerprint density at radius 2 is 1.86 bits per heavy atom. The van der Waals surface area contributed by atoms with E-state index in [2.05, 4.69) is 15.3 Å². The largest absolute Gasteiger partial charge is 0.322 e. The molecular formula is C26H24ClN5O3S. The van der Waals surface area contributed by atoms with E-state index in [0.29, 0.717) is 51.9 Å². The molecule has 10 heteroatoms. The van der Waals surface area contributed by atoms with Crippen LogP contribution in [-0.4, -0.2) is 48.7 Å². The smallest absolute Gasteiger partial charge is 0.303 e. The highest BCUT2D eigenvalue weighted by atomic mass is 35.5. The van der Waals surface area contributed by atoms with E-state index in [0.717, 1.165) is 17.3 Å². The van der Waals surface area contributed by atoms with Gasteiger partial charge in [0.1, 0.15) is 0 Å². The van der Waals surface area contributed by atoms with E-state index in [1.165, 1.54) is 8.61 Å². The van der Waals surface area contributed by atoms with Crippen LogP contribution in [0, 0.1) is 6.92 Å². The van der Waals surface area contributed by atoms with Gasteiger partial charge in [0, 0.05) is 54.7 Å². The summed E-state index contributed by atoms with van der Waals surface area (Å²) in [7, 11) is -1.99. The quantitative estimate of drug-likeness (QED) is 0.412. The molecule has 1 saturated heterocycles. The van der Waals surface area contributed by atoms with Crippen molar-refractivity contribution in [3.63, 3.8) is 0 Å². The number of hydrogen-bond acceptors (Lipinski definition) is 5. The van der Waals surface area contributed by atoms with Gasteiger partial charge in [-0.05, 0) is 73.5 Å². The van der Waals surface area contributed by atoms with Crippen molar-refractivity contribution in [3.05, 3.63) is 83.1 Å². The number of benzene rings is 2. The number of amides is 1. The van der Waals surface area contributed by atoms with Crippen molar-refractivity contribution in [1.82, 2.24) is 14.3 Å². The molecule has 0 spiro atoms. The topological polar surface area (TPSA) is 95.5 Å². The van der Waals surface area contributed by atoms with Gasteiger partial charge in [0.2, 0.25) is 0 Å². The van der Waals surface area contributed by atoms with Gasteiger partial charge >= 0.3 is 10.2 Å². The molecule has 4 aromatic rings. The van der Waals surface area contributed by atoms with Gasteiger partial charge in [-0.2, -0.15) is 12.7 Å². The van der Waals surface area contributed by atoms with Gasteiger partial charge in [-0.1, -0.05) is 11.6 Å². The summed E-state index contributed by atoms with van der Waals surface area (Å²) < 4.78 is 28.1. The number of fused-ring (bicyclic) bond motifs is 1. The van der Waals surface area contributed by atoms with Crippen molar-refractivity contribution in [3.8, 4) is 11.3 Å². The number of halogens is 1. The lowest BCUT2D eigenvalue weighted by molar-refractivity contribution is 0.102. The van der Waals surface area contributed by atoms with Gasteiger partial charge in [-0.15, -0.1) is 0 Å². The van der Waals surface area contributed by atoms with E-state index in [1.807, 2.05) is 18.2 Å². The fourth-order valence-corrected chi connectivity index (χ4v) is 6.00. The molecule has 0 aliphatic carbocycles. The van der Waals surface area contributed by atoms with Crippen molar-refractivity contribution in [1.29, 1.82) is 0 Å². The highest BCUT2D eigenvalue weighted by Crippen LogP contribution is 2.33. The third-order valence-electron chi connectivity index (χ3n) is 6.26. The Balaban J connectivity index is 1.42. The second kappa shape index (κ2) is 9.50. The van der Waals surface area contributed by atoms with E-state index in [4.69, 9.17) is 11.6 Å². The van der Waals surface area contributed by atoms with Gasteiger partial charge in [0.15, 0.2) is 0 Å². The number of aromatic nitrogens is 2. The normalized spacial score (nSPS) is 15.7. The molecule has 0 unspecified atom stereocenters. The summed E-state index contributed by atoms with van der Waals surface area (Å²) in [6.45, 7) is 2.69. The summed E-state index contributed by atoms with van der Waals surface area (Å²) >= 11 is 6.50. The molecule has 0 bridgehead atoms. The molecular weight excluding hydrogens is 498 g/mol. The molecule has 0 atom stereocenters. The molecule has 8 nitrogen and oxygen atoms in total. The second-order valence-corrected chi connectivity index (χ2v) is 11.0. The molecule has 2 aromatic carbocycles. The fraction of sp³-hybridized carbons (Fsp3) is 0.192. The van der Waals surface area contributed by atoms with Gasteiger partial charge in [-0.3, -0.25) is 19.1 Å². The predicted molar refractivity (Wildman–Crippen MR) is 143 cm³/mol. The zero-order chi connectivity index (χ0) is 25.4. The van der Waals surface area contributed by atoms with E-state index < -0.39 is 10.2 Å². The maximum atomic E-state index is 13.1. The number of nitrogens with zero attached hydrogens (tertiary/aromatic N) is 4. The molecule has 1 aliphatic rings. The average Bonchev–Trinajstić information content (AvgIpc) is 2.86. The zero-order valence-corrected chi connectivity index (χ0v) is 21.3. The van der Waals surface area contributed by atoms with Crippen LogP contribution in [0.4, 0.5) is 11.4 Å². The second-order valence-electron chi connectivity index (χ2n) is 8.63. The van der Waals surface area contributed by atoms with Crippen molar-refractivity contribution >= 4 is 50.0 Å². The number of hydrogen-bond donors (Lipinski definition) is 1. The molecule has 1 aliphatic heterocycles. The van der Waals surface area contributed by atoms with Gasteiger partial charge in [-0.25, -0.2) is 0 Å². The van der Waals surface area contributed by atoms with E-state index in [1.54, 1.807) is 62.8 Å². The average molecular weight is 522 g/mol. The molecule has 2 aromatic heterocycles. The predicted octanol–water partition coefficient (Wildman–Crippen LogP) is 4.90. The Morgan fingerprint density at radius 3 is 2.67 bits per heavy atom. The minimum absolute atomic E-state index is 0.307. The van der Waals surface area contributed by atoms with E-state index >= 15 is 0 Å². The summed E-state index contributed by atoms with van der Waals surface area (Å²) in [6.07, 6.45) is 4.13. The van der Waals surface area contributed by atoms with Crippen molar-refractivity contribution in [2.45, 2.75) is 13.3 Å². The fourth-order valence-electron chi connectivity index (χ4n) is 4.36. The monoisotopic (exact) mass is 521 g/mol.